The summed E-state index contributed by atoms with van der Waals surface area (Å²) in [6, 6.07) is 1.72. The monoisotopic (exact) mass is 222 g/mol. The molecule has 0 aromatic carbocycles. The number of piperidine rings is 1. The van der Waals surface area contributed by atoms with E-state index in [4.69, 9.17) is 0 Å². The molecule has 16 heavy (non-hydrogen) atoms. The van der Waals surface area contributed by atoms with Gasteiger partial charge in [0.2, 0.25) is 5.91 Å². The number of hydrogen-bond donors (Lipinski definition) is 1. The number of nitrogens with zero attached hydrogens (tertiary/aromatic N) is 1. The molecule has 0 spiro atoms. The summed E-state index contributed by atoms with van der Waals surface area (Å²) in [5.74, 6) is 0.159. The Balaban J connectivity index is 1.97. The minimum atomic E-state index is 0.159. The lowest BCUT2D eigenvalue weighted by molar-refractivity contribution is -0.127. The third-order valence-electron chi connectivity index (χ3n) is 3.76. The number of likely N-dealkylation sites (N-methyl/N-ethyl adjacent to an activating group) is 1. The largest absolute Gasteiger partial charge is 0.339 e. The summed E-state index contributed by atoms with van der Waals surface area (Å²) in [6.07, 6.45) is 6.55. The Morgan fingerprint density at radius 2 is 1.81 bits per heavy atom. The number of amides is 1. The second kappa shape index (κ2) is 4.58. The molecule has 2 aliphatic heterocycles. The molecule has 2 heterocycles. The van der Waals surface area contributed by atoms with Crippen molar-refractivity contribution in [3.63, 3.8) is 0 Å². The van der Waals surface area contributed by atoms with Crippen LogP contribution in [-0.2, 0) is 4.79 Å². The smallest absolute Gasteiger partial charge is 0.246 e. The lowest BCUT2D eigenvalue weighted by atomic mass is 9.98. The summed E-state index contributed by atoms with van der Waals surface area (Å²) in [6.45, 7) is 3.94. The number of carbonyl (C=O) groups excluding carboxylic acids is 1. The van der Waals surface area contributed by atoms with Crippen LogP contribution < -0.4 is 5.32 Å². The van der Waals surface area contributed by atoms with Crippen LogP contribution in [0.1, 0.15) is 39.5 Å². The van der Waals surface area contributed by atoms with Gasteiger partial charge in [-0.1, -0.05) is 5.57 Å². The first kappa shape index (κ1) is 11.6. The van der Waals surface area contributed by atoms with Gasteiger partial charge in [0.25, 0.3) is 0 Å². The third kappa shape index (κ3) is 2.46. The molecular formula is C13H22N2O. The van der Waals surface area contributed by atoms with Crippen molar-refractivity contribution >= 4 is 5.91 Å². The van der Waals surface area contributed by atoms with E-state index in [1.165, 1.54) is 12.8 Å². The van der Waals surface area contributed by atoms with Gasteiger partial charge in [0.1, 0.15) is 0 Å². The molecule has 1 amide bonds. The summed E-state index contributed by atoms with van der Waals surface area (Å²) in [7, 11) is 1.94. The highest BCUT2D eigenvalue weighted by Gasteiger charge is 2.35. The predicted molar refractivity (Wildman–Crippen MR) is 65.2 cm³/mol. The van der Waals surface area contributed by atoms with E-state index in [-0.39, 0.29) is 5.91 Å². The number of hydrogen-bond acceptors (Lipinski definition) is 2. The highest BCUT2D eigenvalue weighted by atomic mass is 16.2. The number of fused-ring (bicyclic) bond motifs is 2. The van der Waals surface area contributed by atoms with Gasteiger partial charge in [0.05, 0.1) is 0 Å². The second-order valence-corrected chi connectivity index (χ2v) is 5.43. The summed E-state index contributed by atoms with van der Waals surface area (Å²) < 4.78 is 0. The number of carbonyl (C=O) groups is 1. The zero-order chi connectivity index (χ0) is 11.7. The summed E-state index contributed by atoms with van der Waals surface area (Å²) in [5, 5.41) is 3.60. The van der Waals surface area contributed by atoms with Gasteiger partial charge in [-0.15, -0.1) is 0 Å². The molecule has 2 unspecified atom stereocenters. The molecule has 2 aliphatic rings. The van der Waals surface area contributed by atoms with E-state index in [1.54, 1.807) is 6.08 Å². The van der Waals surface area contributed by atoms with Crippen molar-refractivity contribution in [3.05, 3.63) is 11.6 Å². The van der Waals surface area contributed by atoms with Gasteiger partial charge in [-0.2, -0.15) is 0 Å². The van der Waals surface area contributed by atoms with Crippen molar-refractivity contribution in [2.75, 3.05) is 7.05 Å². The van der Waals surface area contributed by atoms with Crippen molar-refractivity contribution in [1.29, 1.82) is 0 Å². The lowest BCUT2D eigenvalue weighted by Crippen LogP contribution is -2.48. The van der Waals surface area contributed by atoms with Crippen LogP contribution in [0.5, 0.6) is 0 Å². The fraction of sp³-hybridized carbons (Fsp3) is 0.769. The van der Waals surface area contributed by atoms with Crippen LogP contribution in [0.25, 0.3) is 0 Å². The van der Waals surface area contributed by atoms with Gasteiger partial charge < -0.3 is 10.2 Å². The maximum atomic E-state index is 11.9. The first-order valence-electron chi connectivity index (χ1n) is 6.24. The Labute approximate surface area is 97.9 Å². The molecule has 2 saturated heterocycles. The maximum Gasteiger partial charge on any atom is 0.246 e. The molecule has 0 saturated carbocycles. The first-order chi connectivity index (χ1) is 7.56. The first-order valence-corrected chi connectivity index (χ1v) is 6.24. The molecule has 2 rings (SSSR count). The lowest BCUT2D eigenvalue weighted by Gasteiger charge is -2.35. The van der Waals surface area contributed by atoms with E-state index < -0.39 is 0 Å². The summed E-state index contributed by atoms with van der Waals surface area (Å²) >= 11 is 0. The number of allylic oxidation sites excluding steroid dienone is 1. The molecule has 1 N–H and O–H groups in total. The summed E-state index contributed by atoms with van der Waals surface area (Å²) in [5.41, 5.74) is 1.08. The normalized spacial score (nSPS) is 32.3. The topological polar surface area (TPSA) is 32.3 Å². The quantitative estimate of drug-likeness (QED) is 0.721. The molecule has 3 heteroatoms. The van der Waals surface area contributed by atoms with Crippen LogP contribution in [0.3, 0.4) is 0 Å². The van der Waals surface area contributed by atoms with Crippen molar-refractivity contribution in [2.45, 2.75) is 57.7 Å². The number of nitrogens with one attached hydrogen (secondary N) is 1. The SMILES string of the molecule is CC(C)=CC(=O)N(C)C1CC2CCC(C1)N2. The fourth-order valence-corrected chi connectivity index (χ4v) is 2.87. The van der Waals surface area contributed by atoms with E-state index in [1.807, 2.05) is 25.8 Å². The van der Waals surface area contributed by atoms with Crippen LogP contribution in [0.15, 0.2) is 11.6 Å². The zero-order valence-electron chi connectivity index (χ0n) is 10.5. The van der Waals surface area contributed by atoms with Crippen molar-refractivity contribution in [1.82, 2.24) is 10.2 Å². The maximum absolute atomic E-state index is 11.9. The Kier molecular flexibility index (Phi) is 3.33. The van der Waals surface area contributed by atoms with E-state index in [0.717, 1.165) is 18.4 Å². The average Bonchev–Trinajstić information content (AvgIpc) is 2.55. The molecule has 2 bridgehead atoms. The molecule has 0 aliphatic carbocycles. The Bertz CT molecular complexity index is 295. The van der Waals surface area contributed by atoms with Crippen LogP contribution in [0, 0.1) is 0 Å². The van der Waals surface area contributed by atoms with Gasteiger partial charge >= 0.3 is 0 Å². The van der Waals surface area contributed by atoms with Crippen LogP contribution in [-0.4, -0.2) is 36.0 Å². The van der Waals surface area contributed by atoms with Crippen LogP contribution >= 0.6 is 0 Å². The van der Waals surface area contributed by atoms with Gasteiger partial charge in [-0.05, 0) is 39.5 Å². The summed E-state index contributed by atoms with van der Waals surface area (Å²) in [4.78, 5) is 13.8. The Morgan fingerprint density at radius 3 is 2.31 bits per heavy atom. The van der Waals surface area contributed by atoms with Crippen LogP contribution in [0.4, 0.5) is 0 Å². The Hall–Kier alpha value is -0.830. The Morgan fingerprint density at radius 1 is 1.25 bits per heavy atom. The van der Waals surface area contributed by atoms with E-state index in [2.05, 4.69) is 5.32 Å². The molecule has 2 atom stereocenters. The molecule has 90 valence electrons. The van der Waals surface area contributed by atoms with Gasteiger partial charge in [0.15, 0.2) is 0 Å². The highest BCUT2D eigenvalue weighted by Crippen LogP contribution is 2.29. The van der Waals surface area contributed by atoms with Gasteiger partial charge in [-0.25, -0.2) is 0 Å². The fourth-order valence-electron chi connectivity index (χ4n) is 2.87. The van der Waals surface area contributed by atoms with E-state index in [0.29, 0.717) is 18.1 Å². The molecule has 2 fully saturated rings. The van der Waals surface area contributed by atoms with E-state index >= 15 is 0 Å². The number of rotatable bonds is 2. The predicted octanol–water partition coefficient (Wildman–Crippen LogP) is 1.69. The second-order valence-electron chi connectivity index (χ2n) is 5.43. The molecule has 0 aromatic heterocycles. The van der Waals surface area contributed by atoms with Crippen LogP contribution in [0.2, 0.25) is 0 Å². The van der Waals surface area contributed by atoms with Gasteiger partial charge in [-0.3, -0.25) is 4.79 Å². The van der Waals surface area contributed by atoms with Crippen molar-refractivity contribution in [2.24, 2.45) is 0 Å². The third-order valence-corrected chi connectivity index (χ3v) is 3.76. The minimum absolute atomic E-state index is 0.159. The van der Waals surface area contributed by atoms with Crippen molar-refractivity contribution < 1.29 is 4.79 Å². The standard InChI is InChI=1S/C13H22N2O/c1-9(2)6-13(16)15(3)12-7-10-4-5-11(8-12)14-10/h6,10-12,14H,4-5,7-8H2,1-3H3. The highest BCUT2D eigenvalue weighted by molar-refractivity contribution is 5.88. The van der Waals surface area contributed by atoms with E-state index in [9.17, 15) is 4.79 Å². The molecule has 0 radical (unpaired) electrons. The zero-order valence-corrected chi connectivity index (χ0v) is 10.5. The van der Waals surface area contributed by atoms with Gasteiger partial charge in [0, 0.05) is 31.2 Å². The van der Waals surface area contributed by atoms with Crippen molar-refractivity contribution in [3.8, 4) is 0 Å². The minimum Gasteiger partial charge on any atom is -0.339 e. The average molecular weight is 222 g/mol. The molecular weight excluding hydrogens is 200 g/mol. The molecule has 3 nitrogen and oxygen atoms in total. The molecule has 0 aromatic rings.